The minimum atomic E-state index is -3.06. The highest BCUT2D eigenvalue weighted by Crippen LogP contribution is 2.15. The molecular formula is C13H19N3O3S. The third-order valence-electron chi connectivity index (χ3n) is 3.48. The molecule has 1 fully saturated rings. The molecule has 1 unspecified atom stereocenters. The maximum atomic E-state index is 11.9. The van der Waals surface area contributed by atoms with E-state index in [1.807, 2.05) is 12.1 Å². The van der Waals surface area contributed by atoms with Crippen LogP contribution in [0.15, 0.2) is 24.5 Å². The van der Waals surface area contributed by atoms with Gasteiger partial charge in [-0.25, -0.2) is 13.2 Å². The Hall–Kier alpha value is -1.63. The lowest BCUT2D eigenvalue weighted by molar-refractivity contribution is 0.209. The Morgan fingerprint density at radius 1 is 1.45 bits per heavy atom. The van der Waals surface area contributed by atoms with Gasteiger partial charge in [0.25, 0.3) is 0 Å². The van der Waals surface area contributed by atoms with Crippen molar-refractivity contribution in [2.75, 3.05) is 25.9 Å². The molecule has 1 saturated heterocycles. The molecule has 0 saturated carbocycles. The highest BCUT2D eigenvalue weighted by Gasteiger charge is 2.32. The smallest absolute Gasteiger partial charge is 0.317 e. The number of sulfone groups is 1. The summed E-state index contributed by atoms with van der Waals surface area (Å²) in [6, 6.07) is 3.62. The first-order valence-electron chi connectivity index (χ1n) is 6.57. The average molecular weight is 297 g/mol. The van der Waals surface area contributed by atoms with Gasteiger partial charge in [-0.15, -0.1) is 0 Å². The van der Waals surface area contributed by atoms with Crippen LogP contribution in [0.1, 0.15) is 12.0 Å². The first kappa shape index (κ1) is 14.8. The number of urea groups is 1. The first-order valence-corrected chi connectivity index (χ1v) is 8.53. The maximum Gasteiger partial charge on any atom is 0.317 e. The van der Waals surface area contributed by atoms with Gasteiger partial charge in [0.2, 0.25) is 0 Å². The number of hydrogen-bond acceptors (Lipinski definition) is 4. The van der Waals surface area contributed by atoms with Crippen molar-refractivity contribution in [3.63, 3.8) is 0 Å². The molecule has 1 N–H and O–H groups in total. The van der Waals surface area contributed by atoms with E-state index in [0.29, 0.717) is 26.1 Å². The second kappa shape index (κ2) is 6.21. The van der Waals surface area contributed by atoms with Crippen LogP contribution in [-0.2, 0) is 16.3 Å². The third-order valence-corrected chi connectivity index (χ3v) is 5.07. The van der Waals surface area contributed by atoms with E-state index in [2.05, 4.69) is 10.3 Å². The number of likely N-dealkylation sites (tertiary alicyclic amines) is 1. The van der Waals surface area contributed by atoms with Crippen molar-refractivity contribution in [1.29, 1.82) is 0 Å². The number of carbonyl (C=O) groups is 1. The monoisotopic (exact) mass is 297 g/mol. The number of pyridine rings is 1. The Morgan fingerprint density at radius 2 is 2.15 bits per heavy atom. The fourth-order valence-electron chi connectivity index (χ4n) is 2.24. The number of rotatable bonds is 4. The summed E-state index contributed by atoms with van der Waals surface area (Å²) in [7, 11) is -3.06. The summed E-state index contributed by atoms with van der Waals surface area (Å²) in [5.41, 5.74) is 1.11. The SMILES string of the molecule is CS(=O)(=O)C1CCN(C(=O)NCCc2ccncc2)C1. The summed E-state index contributed by atoms with van der Waals surface area (Å²) in [6.45, 7) is 1.32. The van der Waals surface area contributed by atoms with Crippen molar-refractivity contribution in [2.24, 2.45) is 0 Å². The molecule has 0 bridgehead atoms. The molecule has 1 aromatic rings. The molecule has 0 spiro atoms. The predicted molar refractivity (Wildman–Crippen MR) is 76.2 cm³/mol. The molecule has 2 amide bonds. The molecule has 110 valence electrons. The van der Waals surface area contributed by atoms with Gasteiger partial charge in [0.05, 0.1) is 5.25 Å². The molecule has 2 rings (SSSR count). The topological polar surface area (TPSA) is 79.4 Å². The summed E-state index contributed by atoms with van der Waals surface area (Å²) in [4.78, 5) is 17.4. The van der Waals surface area contributed by atoms with Crippen molar-refractivity contribution < 1.29 is 13.2 Å². The minimum absolute atomic E-state index is 0.190. The van der Waals surface area contributed by atoms with Crippen LogP contribution in [0.5, 0.6) is 0 Å². The van der Waals surface area contributed by atoms with Crippen LogP contribution in [0.2, 0.25) is 0 Å². The zero-order valence-electron chi connectivity index (χ0n) is 11.4. The number of aromatic nitrogens is 1. The van der Waals surface area contributed by atoms with Crippen LogP contribution in [0.3, 0.4) is 0 Å². The van der Waals surface area contributed by atoms with Gasteiger partial charge in [-0.3, -0.25) is 4.98 Å². The summed E-state index contributed by atoms with van der Waals surface area (Å²) in [6.07, 6.45) is 5.92. The van der Waals surface area contributed by atoms with E-state index < -0.39 is 15.1 Å². The van der Waals surface area contributed by atoms with Gasteiger partial charge in [0, 0.05) is 38.3 Å². The Kier molecular flexibility index (Phi) is 4.59. The predicted octanol–water partition coefficient (Wildman–Crippen LogP) is 0.453. The highest BCUT2D eigenvalue weighted by atomic mass is 32.2. The van der Waals surface area contributed by atoms with Crippen molar-refractivity contribution in [3.8, 4) is 0 Å². The quantitative estimate of drug-likeness (QED) is 0.875. The number of amides is 2. The van der Waals surface area contributed by atoms with Gasteiger partial charge in [0.1, 0.15) is 0 Å². The molecule has 0 aliphatic carbocycles. The Morgan fingerprint density at radius 3 is 2.75 bits per heavy atom. The van der Waals surface area contributed by atoms with Gasteiger partial charge >= 0.3 is 6.03 Å². The summed E-state index contributed by atoms with van der Waals surface area (Å²) >= 11 is 0. The van der Waals surface area contributed by atoms with Crippen molar-refractivity contribution >= 4 is 15.9 Å². The molecule has 6 nitrogen and oxygen atoms in total. The molecule has 0 aromatic carbocycles. The molecule has 1 atom stereocenters. The Bertz CT molecular complexity index is 559. The van der Waals surface area contributed by atoms with Gasteiger partial charge in [-0.2, -0.15) is 0 Å². The van der Waals surface area contributed by atoms with E-state index in [0.717, 1.165) is 12.0 Å². The summed E-state index contributed by atoms with van der Waals surface area (Å²) in [5.74, 6) is 0. The van der Waals surface area contributed by atoms with Crippen molar-refractivity contribution in [2.45, 2.75) is 18.1 Å². The van der Waals surface area contributed by atoms with Gasteiger partial charge in [-0.05, 0) is 30.5 Å². The van der Waals surface area contributed by atoms with Gasteiger partial charge in [0.15, 0.2) is 9.84 Å². The number of hydrogen-bond donors (Lipinski definition) is 1. The van der Waals surface area contributed by atoms with Crippen LogP contribution >= 0.6 is 0 Å². The second-order valence-electron chi connectivity index (χ2n) is 5.02. The molecule has 0 radical (unpaired) electrons. The fourth-order valence-corrected chi connectivity index (χ4v) is 3.22. The van der Waals surface area contributed by atoms with E-state index in [-0.39, 0.29) is 6.03 Å². The fraction of sp³-hybridized carbons (Fsp3) is 0.538. The standard InChI is InChI=1S/C13H19N3O3S/c1-20(18,19)12-5-9-16(10-12)13(17)15-8-4-11-2-6-14-7-3-11/h2-3,6-7,12H,4-5,8-10H2,1H3,(H,15,17). The van der Waals surface area contributed by atoms with E-state index in [1.54, 1.807) is 17.3 Å². The second-order valence-corrected chi connectivity index (χ2v) is 7.35. The van der Waals surface area contributed by atoms with E-state index in [4.69, 9.17) is 0 Å². The van der Waals surface area contributed by atoms with E-state index >= 15 is 0 Å². The molecule has 1 aromatic heterocycles. The lowest BCUT2D eigenvalue weighted by Crippen LogP contribution is -2.40. The minimum Gasteiger partial charge on any atom is -0.338 e. The largest absolute Gasteiger partial charge is 0.338 e. The number of nitrogens with one attached hydrogen (secondary N) is 1. The first-order chi connectivity index (χ1) is 9.47. The zero-order chi connectivity index (χ0) is 14.6. The molecule has 7 heteroatoms. The maximum absolute atomic E-state index is 11.9. The highest BCUT2D eigenvalue weighted by molar-refractivity contribution is 7.91. The average Bonchev–Trinajstić information content (AvgIpc) is 2.89. The summed E-state index contributed by atoms with van der Waals surface area (Å²) < 4.78 is 22.9. The normalized spacial score (nSPS) is 19.1. The molecule has 20 heavy (non-hydrogen) atoms. The molecular weight excluding hydrogens is 278 g/mol. The molecule has 2 heterocycles. The lowest BCUT2D eigenvalue weighted by atomic mass is 10.2. The van der Waals surface area contributed by atoms with Crippen LogP contribution in [0.4, 0.5) is 4.79 Å². The van der Waals surface area contributed by atoms with Crippen molar-refractivity contribution in [1.82, 2.24) is 15.2 Å². The Balaban J connectivity index is 1.76. The zero-order valence-corrected chi connectivity index (χ0v) is 12.3. The van der Waals surface area contributed by atoms with Crippen LogP contribution in [0, 0.1) is 0 Å². The third kappa shape index (κ3) is 3.93. The number of carbonyl (C=O) groups excluding carboxylic acids is 1. The molecule has 1 aliphatic rings. The lowest BCUT2D eigenvalue weighted by Gasteiger charge is -2.17. The van der Waals surface area contributed by atoms with Gasteiger partial charge in [-0.1, -0.05) is 0 Å². The van der Waals surface area contributed by atoms with Crippen LogP contribution in [-0.4, -0.2) is 55.5 Å². The van der Waals surface area contributed by atoms with Gasteiger partial charge < -0.3 is 10.2 Å². The van der Waals surface area contributed by atoms with Crippen LogP contribution in [0.25, 0.3) is 0 Å². The van der Waals surface area contributed by atoms with E-state index in [9.17, 15) is 13.2 Å². The number of nitrogens with zero attached hydrogens (tertiary/aromatic N) is 2. The van der Waals surface area contributed by atoms with Crippen LogP contribution < -0.4 is 5.32 Å². The molecule has 1 aliphatic heterocycles. The van der Waals surface area contributed by atoms with Crippen molar-refractivity contribution in [3.05, 3.63) is 30.1 Å². The Labute approximate surface area is 119 Å². The summed E-state index contributed by atoms with van der Waals surface area (Å²) in [5, 5.41) is 2.39. The van der Waals surface area contributed by atoms with E-state index in [1.165, 1.54) is 6.26 Å².